The number of aromatic nitrogens is 2. The van der Waals surface area contributed by atoms with E-state index in [1.165, 1.54) is 0 Å². The molecule has 5 rings (SSSR count). The molecule has 2 aliphatic heterocycles. The summed E-state index contributed by atoms with van der Waals surface area (Å²) in [5, 5.41) is 3.26. The molecule has 3 aromatic rings. The summed E-state index contributed by atoms with van der Waals surface area (Å²) in [4.78, 5) is 41.7. The molecule has 2 aromatic carbocycles. The standard InChI is InChI=1S/C29H34N6O2/c1-23(24-8-4-2-5-9-24)32-27(36)29(25-10-6-3-7-11-25)12-16-34(17-13-29)28(37)35-20-18-33(19-21-35)26-22-30-14-15-31-26/h2-11,14-15,22-23H,12-13,16-21H2,1H3,(H,32,36). The van der Waals surface area contributed by atoms with Crippen molar-refractivity contribution in [1.82, 2.24) is 25.1 Å². The van der Waals surface area contributed by atoms with Gasteiger partial charge in [0.15, 0.2) is 0 Å². The van der Waals surface area contributed by atoms with Crippen molar-refractivity contribution < 1.29 is 9.59 Å². The third kappa shape index (κ3) is 5.28. The molecule has 37 heavy (non-hydrogen) atoms. The molecule has 0 bridgehead atoms. The molecular formula is C29H34N6O2. The second kappa shape index (κ2) is 11.0. The number of amides is 3. The first-order valence-electron chi connectivity index (χ1n) is 13.0. The fraction of sp³-hybridized carbons (Fsp3) is 0.379. The number of hydrogen-bond donors (Lipinski definition) is 1. The average molecular weight is 499 g/mol. The van der Waals surface area contributed by atoms with Crippen LogP contribution < -0.4 is 10.2 Å². The van der Waals surface area contributed by atoms with E-state index in [4.69, 9.17) is 0 Å². The van der Waals surface area contributed by atoms with E-state index < -0.39 is 5.41 Å². The van der Waals surface area contributed by atoms with Gasteiger partial charge in [0, 0.05) is 51.7 Å². The Morgan fingerprint density at radius 3 is 2.08 bits per heavy atom. The topological polar surface area (TPSA) is 81.7 Å². The number of hydrogen-bond acceptors (Lipinski definition) is 5. The van der Waals surface area contributed by atoms with Gasteiger partial charge in [-0.2, -0.15) is 0 Å². The second-order valence-electron chi connectivity index (χ2n) is 9.86. The Morgan fingerprint density at radius 2 is 1.46 bits per heavy atom. The smallest absolute Gasteiger partial charge is 0.320 e. The largest absolute Gasteiger partial charge is 0.352 e. The van der Waals surface area contributed by atoms with Gasteiger partial charge < -0.3 is 20.0 Å². The number of nitrogens with zero attached hydrogens (tertiary/aromatic N) is 5. The van der Waals surface area contributed by atoms with Crippen LogP contribution in [0, 0.1) is 0 Å². The summed E-state index contributed by atoms with van der Waals surface area (Å²) in [5.41, 5.74) is 1.43. The number of carbonyl (C=O) groups excluding carboxylic acids is 2. The van der Waals surface area contributed by atoms with Crippen LogP contribution in [0.2, 0.25) is 0 Å². The quantitative estimate of drug-likeness (QED) is 0.581. The fourth-order valence-corrected chi connectivity index (χ4v) is 5.42. The molecule has 1 unspecified atom stereocenters. The SMILES string of the molecule is CC(NC(=O)C1(c2ccccc2)CCN(C(=O)N2CCN(c3cnccn3)CC2)CC1)c1ccccc1. The second-order valence-corrected chi connectivity index (χ2v) is 9.86. The molecule has 8 nitrogen and oxygen atoms in total. The molecule has 8 heteroatoms. The number of anilines is 1. The third-order valence-electron chi connectivity index (χ3n) is 7.72. The molecule has 0 aliphatic carbocycles. The molecule has 0 saturated carbocycles. The predicted octanol–water partition coefficient (Wildman–Crippen LogP) is 3.63. The number of nitrogens with one attached hydrogen (secondary N) is 1. The van der Waals surface area contributed by atoms with Gasteiger partial charge >= 0.3 is 6.03 Å². The maximum atomic E-state index is 13.8. The molecule has 0 radical (unpaired) electrons. The Hall–Kier alpha value is -3.94. The molecular weight excluding hydrogens is 464 g/mol. The molecule has 1 N–H and O–H groups in total. The maximum absolute atomic E-state index is 13.8. The zero-order valence-corrected chi connectivity index (χ0v) is 21.3. The first-order chi connectivity index (χ1) is 18.1. The lowest BCUT2D eigenvalue weighted by molar-refractivity contribution is -0.129. The van der Waals surface area contributed by atoms with Crippen LogP contribution in [0.25, 0.3) is 0 Å². The summed E-state index contributed by atoms with van der Waals surface area (Å²) < 4.78 is 0. The Balaban J connectivity index is 1.24. The fourth-order valence-electron chi connectivity index (χ4n) is 5.42. The summed E-state index contributed by atoms with van der Waals surface area (Å²) in [5.74, 6) is 0.871. The van der Waals surface area contributed by atoms with Gasteiger partial charge in [-0.3, -0.25) is 9.78 Å². The minimum absolute atomic E-state index is 0.0275. The van der Waals surface area contributed by atoms with E-state index in [0.29, 0.717) is 39.0 Å². The van der Waals surface area contributed by atoms with E-state index in [2.05, 4.69) is 20.2 Å². The van der Waals surface area contributed by atoms with Gasteiger partial charge in [-0.25, -0.2) is 9.78 Å². The van der Waals surface area contributed by atoms with Crippen LogP contribution in [0.1, 0.15) is 36.9 Å². The van der Waals surface area contributed by atoms with Gasteiger partial charge in [-0.05, 0) is 30.9 Å². The molecule has 2 fully saturated rings. The number of rotatable bonds is 5. The van der Waals surface area contributed by atoms with Crippen LogP contribution in [0.4, 0.5) is 10.6 Å². The van der Waals surface area contributed by atoms with Gasteiger partial charge in [0.2, 0.25) is 5.91 Å². The van der Waals surface area contributed by atoms with Crippen molar-refractivity contribution in [2.45, 2.75) is 31.2 Å². The van der Waals surface area contributed by atoms with Crippen molar-refractivity contribution in [2.75, 3.05) is 44.2 Å². The number of urea groups is 1. The first-order valence-corrected chi connectivity index (χ1v) is 13.0. The van der Waals surface area contributed by atoms with E-state index in [1.807, 2.05) is 77.4 Å². The van der Waals surface area contributed by atoms with Gasteiger partial charge in [-0.1, -0.05) is 60.7 Å². The summed E-state index contributed by atoms with van der Waals surface area (Å²) in [6.07, 6.45) is 6.30. The third-order valence-corrected chi connectivity index (χ3v) is 7.72. The molecule has 0 spiro atoms. The van der Waals surface area contributed by atoms with Crippen molar-refractivity contribution in [3.63, 3.8) is 0 Å². The van der Waals surface area contributed by atoms with Crippen LogP contribution in [-0.4, -0.2) is 71.0 Å². The Morgan fingerprint density at radius 1 is 0.838 bits per heavy atom. The molecule has 3 amide bonds. The van der Waals surface area contributed by atoms with E-state index in [0.717, 1.165) is 30.0 Å². The summed E-state index contributed by atoms with van der Waals surface area (Å²) in [7, 11) is 0. The van der Waals surface area contributed by atoms with Crippen molar-refractivity contribution in [2.24, 2.45) is 0 Å². The lowest BCUT2D eigenvalue weighted by Crippen LogP contribution is -2.57. The molecule has 3 heterocycles. The summed E-state index contributed by atoms with van der Waals surface area (Å²) in [6, 6.07) is 20.0. The average Bonchev–Trinajstić information content (AvgIpc) is 2.98. The Labute approximate surface area is 218 Å². The maximum Gasteiger partial charge on any atom is 0.320 e. The van der Waals surface area contributed by atoms with Crippen LogP contribution >= 0.6 is 0 Å². The number of piperazine rings is 1. The lowest BCUT2D eigenvalue weighted by atomic mass is 9.71. The van der Waals surface area contributed by atoms with Crippen LogP contribution in [0.15, 0.2) is 79.3 Å². The van der Waals surface area contributed by atoms with Crippen LogP contribution in [0.3, 0.4) is 0 Å². The van der Waals surface area contributed by atoms with Crippen LogP contribution in [0.5, 0.6) is 0 Å². The highest BCUT2D eigenvalue weighted by atomic mass is 16.2. The van der Waals surface area contributed by atoms with Crippen molar-refractivity contribution >= 4 is 17.8 Å². The lowest BCUT2D eigenvalue weighted by Gasteiger charge is -2.44. The highest BCUT2D eigenvalue weighted by Gasteiger charge is 2.44. The molecule has 2 aliphatic rings. The Bertz CT molecular complexity index is 1170. The monoisotopic (exact) mass is 498 g/mol. The van der Waals surface area contributed by atoms with E-state index in [-0.39, 0.29) is 18.0 Å². The van der Waals surface area contributed by atoms with E-state index in [9.17, 15) is 9.59 Å². The molecule has 1 aromatic heterocycles. The van der Waals surface area contributed by atoms with Crippen molar-refractivity contribution in [1.29, 1.82) is 0 Å². The van der Waals surface area contributed by atoms with Gasteiger partial charge in [-0.15, -0.1) is 0 Å². The van der Waals surface area contributed by atoms with Crippen LogP contribution in [-0.2, 0) is 10.2 Å². The minimum atomic E-state index is -0.661. The van der Waals surface area contributed by atoms with Gasteiger partial charge in [0.1, 0.15) is 5.82 Å². The summed E-state index contributed by atoms with van der Waals surface area (Å²) in [6.45, 7) is 5.86. The predicted molar refractivity (Wildman–Crippen MR) is 143 cm³/mol. The van der Waals surface area contributed by atoms with E-state index in [1.54, 1.807) is 18.6 Å². The Kier molecular flexibility index (Phi) is 7.35. The van der Waals surface area contributed by atoms with Gasteiger partial charge in [0.05, 0.1) is 17.7 Å². The highest BCUT2D eigenvalue weighted by Crippen LogP contribution is 2.37. The number of benzene rings is 2. The molecule has 192 valence electrons. The zero-order valence-electron chi connectivity index (χ0n) is 21.3. The number of likely N-dealkylation sites (tertiary alicyclic amines) is 1. The van der Waals surface area contributed by atoms with Crippen molar-refractivity contribution in [3.8, 4) is 0 Å². The molecule has 1 atom stereocenters. The number of piperidine rings is 1. The minimum Gasteiger partial charge on any atom is -0.352 e. The zero-order chi connectivity index (χ0) is 25.7. The molecule has 2 saturated heterocycles. The first kappa shape index (κ1) is 24.7. The van der Waals surface area contributed by atoms with Gasteiger partial charge in [0.25, 0.3) is 0 Å². The normalized spacial score (nSPS) is 18.2. The summed E-state index contributed by atoms with van der Waals surface area (Å²) >= 11 is 0. The van der Waals surface area contributed by atoms with Crippen molar-refractivity contribution in [3.05, 3.63) is 90.4 Å². The highest BCUT2D eigenvalue weighted by molar-refractivity contribution is 5.89. The number of carbonyl (C=O) groups is 2. The van der Waals surface area contributed by atoms with E-state index >= 15 is 0 Å².